The summed E-state index contributed by atoms with van der Waals surface area (Å²) in [6.45, 7) is 2.59. The molecule has 1 aromatic carbocycles. The molecule has 0 unspecified atom stereocenters. The monoisotopic (exact) mass is 354 g/mol. The zero-order valence-electron chi connectivity index (χ0n) is 15.1. The molecule has 0 atom stereocenters. The SMILES string of the molecule is COc1ccc(CCNc2cc(-n3nc(C)cc3N)ncn2)cc1OC. The Balaban J connectivity index is 1.65. The summed E-state index contributed by atoms with van der Waals surface area (Å²) in [5.41, 5.74) is 7.92. The van der Waals surface area contributed by atoms with E-state index in [-0.39, 0.29) is 0 Å². The predicted octanol–water partition coefficient (Wildman–Crippen LogP) is 2.22. The summed E-state index contributed by atoms with van der Waals surface area (Å²) >= 11 is 0. The smallest absolute Gasteiger partial charge is 0.161 e. The highest BCUT2D eigenvalue weighted by Crippen LogP contribution is 2.27. The van der Waals surface area contributed by atoms with E-state index in [2.05, 4.69) is 20.4 Å². The van der Waals surface area contributed by atoms with E-state index in [1.54, 1.807) is 25.0 Å². The summed E-state index contributed by atoms with van der Waals surface area (Å²) in [7, 11) is 3.25. The lowest BCUT2D eigenvalue weighted by atomic mass is 10.1. The number of aromatic nitrogens is 4. The predicted molar refractivity (Wildman–Crippen MR) is 100 cm³/mol. The van der Waals surface area contributed by atoms with Crippen LogP contribution in [0.4, 0.5) is 11.6 Å². The van der Waals surface area contributed by atoms with Crippen molar-refractivity contribution < 1.29 is 9.47 Å². The number of nitrogens with two attached hydrogens (primary N) is 1. The van der Waals surface area contributed by atoms with E-state index in [4.69, 9.17) is 15.2 Å². The summed E-state index contributed by atoms with van der Waals surface area (Å²) in [4.78, 5) is 8.48. The zero-order valence-corrected chi connectivity index (χ0v) is 15.1. The number of nitrogens with one attached hydrogen (secondary N) is 1. The normalized spacial score (nSPS) is 10.6. The summed E-state index contributed by atoms with van der Waals surface area (Å²) < 4.78 is 12.2. The highest BCUT2D eigenvalue weighted by molar-refractivity contribution is 5.46. The number of methoxy groups -OCH3 is 2. The van der Waals surface area contributed by atoms with Gasteiger partial charge >= 0.3 is 0 Å². The Bertz CT molecular complexity index is 893. The molecule has 0 aliphatic heterocycles. The lowest BCUT2D eigenvalue weighted by Crippen LogP contribution is -2.09. The number of benzene rings is 1. The number of rotatable bonds is 7. The molecule has 8 heteroatoms. The number of hydrogen-bond acceptors (Lipinski definition) is 7. The van der Waals surface area contributed by atoms with E-state index in [1.807, 2.05) is 31.2 Å². The third-order valence-electron chi connectivity index (χ3n) is 3.90. The third kappa shape index (κ3) is 3.85. The van der Waals surface area contributed by atoms with Gasteiger partial charge in [-0.25, -0.2) is 9.97 Å². The third-order valence-corrected chi connectivity index (χ3v) is 3.90. The summed E-state index contributed by atoms with van der Waals surface area (Å²) in [6.07, 6.45) is 2.30. The van der Waals surface area contributed by atoms with Crippen molar-refractivity contribution in [3.63, 3.8) is 0 Å². The highest BCUT2D eigenvalue weighted by atomic mass is 16.5. The van der Waals surface area contributed by atoms with Crippen molar-refractivity contribution >= 4 is 11.6 Å². The Morgan fingerprint density at radius 2 is 1.88 bits per heavy atom. The molecule has 136 valence electrons. The van der Waals surface area contributed by atoms with E-state index in [0.717, 1.165) is 29.2 Å². The van der Waals surface area contributed by atoms with E-state index < -0.39 is 0 Å². The zero-order chi connectivity index (χ0) is 18.5. The molecule has 3 N–H and O–H groups in total. The second kappa shape index (κ2) is 7.73. The molecule has 0 amide bonds. The minimum atomic E-state index is 0.539. The lowest BCUT2D eigenvalue weighted by Gasteiger charge is -2.10. The van der Waals surface area contributed by atoms with Crippen LogP contribution in [-0.4, -0.2) is 40.5 Å². The largest absolute Gasteiger partial charge is 0.493 e. The molecule has 0 aliphatic carbocycles. The van der Waals surface area contributed by atoms with Crippen LogP contribution in [0.5, 0.6) is 11.5 Å². The maximum atomic E-state index is 5.95. The first kappa shape index (κ1) is 17.5. The molecule has 0 saturated heterocycles. The maximum Gasteiger partial charge on any atom is 0.161 e. The molecule has 0 bridgehead atoms. The molecule has 0 radical (unpaired) electrons. The van der Waals surface area contributed by atoms with E-state index in [0.29, 0.717) is 24.0 Å². The van der Waals surface area contributed by atoms with Crippen LogP contribution < -0.4 is 20.5 Å². The van der Waals surface area contributed by atoms with Crippen molar-refractivity contribution in [1.82, 2.24) is 19.7 Å². The van der Waals surface area contributed by atoms with Crippen molar-refractivity contribution in [2.75, 3.05) is 31.8 Å². The van der Waals surface area contributed by atoms with Gasteiger partial charge in [-0.2, -0.15) is 9.78 Å². The summed E-state index contributed by atoms with van der Waals surface area (Å²) in [5, 5.41) is 7.62. The van der Waals surface area contributed by atoms with Crippen LogP contribution in [0.2, 0.25) is 0 Å². The fourth-order valence-electron chi connectivity index (χ4n) is 2.63. The van der Waals surface area contributed by atoms with Gasteiger partial charge in [0.2, 0.25) is 0 Å². The van der Waals surface area contributed by atoms with Crippen LogP contribution >= 0.6 is 0 Å². The molecule has 0 aliphatic rings. The second-order valence-electron chi connectivity index (χ2n) is 5.75. The number of nitrogens with zero attached hydrogens (tertiary/aromatic N) is 4. The van der Waals surface area contributed by atoms with Crippen LogP contribution in [0.15, 0.2) is 36.7 Å². The molecule has 3 rings (SSSR count). The number of aryl methyl sites for hydroxylation is 1. The molecular formula is C18H22N6O2. The van der Waals surface area contributed by atoms with Crippen molar-refractivity contribution in [3.8, 4) is 17.3 Å². The first-order chi connectivity index (χ1) is 12.6. The summed E-state index contributed by atoms with van der Waals surface area (Å²) in [6, 6.07) is 9.50. The topological polar surface area (TPSA) is 100 Å². The lowest BCUT2D eigenvalue weighted by molar-refractivity contribution is 0.354. The van der Waals surface area contributed by atoms with Gasteiger partial charge in [0, 0.05) is 18.7 Å². The fraction of sp³-hybridized carbons (Fsp3) is 0.278. The minimum absolute atomic E-state index is 0.539. The average Bonchev–Trinajstić information content (AvgIpc) is 3.00. The van der Waals surface area contributed by atoms with E-state index in [9.17, 15) is 0 Å². The van der Waals surface area contributed by atoms with E-state index >= 15 is 0 Å². The van der Waals surface area contributed by atoms with Gasteiger partial charge in [0.25, 0.3) is 0 Å². The quantitative estimate of drug-likeness (QED) is 0.671. The number of hydrogen-bond donors (Lipinski definition) is 2. The van der Waals surface area contributed by atoms with E-state index in [1.165, 1.54) is 6.33 Å². The van der Waals surface area contributed by atoms with Crippen LogP contribution in [-0.2, 0) is 6.42 Å². The minimum Gasteiger partial charge on any atom is -0.493 e. The fourth-order valence-corrected chi connectivity index (χ4v) is 2.63. The molecule has 3 aromatic rings. The van der Waals surface area contributed by atoms with Gasteiger partial charge in [-0.15, -0.1) is 0 Å². The second-order valence-corrected chi connectivity index (χ2v) is 5.75. The maximum absolute atomic E-state index is 5.95. The van der Waals surface area contributed by atoms with Crippen molar-refractivity contribution in [1.29, 1.82) is 0 Å². The van der Waals surface area contributed by atoms with Crippen molar-refractivity contribution in [2.45, 2.75) is 13.3 Å². The Morgan fingerprint density at radius 3 is 2.58 bits per heavy atom. The standard InChI is InChI=1S/C18H22N6O2/c1-12-8-16(19)24(23-12)18-10-17(21-11-22-18)20-7-6-13-4-5-14(25-2)15(9-13)26-3/h4-5,8-11H,6-7,19H2,1-3H3,(H,20,21,22). The molecule has 8 nitrogen and oxygen atoms in total. The summed E-state index contributed by atoms with van der Waals surface area (Å²) in [5.74, 6) is 3.32. The van der Waals surface area contributed by atoms with Crippen LogP contribution in [0.1, 0.15) is 11.3 Å². The van der Waals surface area contributed by atoms with Gasteiger partial charge in [-0.05, 0) is 31.0 Å². The van der Waals surface area contributed by atoms with Gasteiger partial charge in [0.05, 0.1) is 19.9 Å². The highest BCUT2D eigenvalue weighted by Gasteiger charge is 2.08. The Labute approximate surface area is 152 Å². The number of ether oxygens (including phenoxy) is 2. The van der Waals surface area contributed by atoms with Gasteiger partial charge < -0.3 is 20.5 Å². The van der Waals surface area contributed by atoms with Crippen molar-refractivity contribution in [3.05, 3.63) is 47.9 Å². The van der Waals surface area contributed by atoms with Crippen LogP contribution in [0.3, 0.4) is 0 Å². The van der Waals surface area contributed by atoms with Gasteiger partial charge in [0.15, 0.2) is 17.3 Å². The first-order valence-electron chi connectivity index (χ1n) is 8.20. The van der Waals surface area contributed by atoms with Gasteiger partial charge in [0.1, 0.15) is 18.0 Å². The molecule has 0 saturated carbocycles. The molecular weight excluding hydrogens is 332 g/mol. The van der Waals surface area contributed by atoms with Crippen LogP contribution in [0, 0.1) is 6.92 Å². The first-order valence-corrected chi connectivity index (χ1v) is 8.20. The Morgan fingerprint density at radius 1 is 1.08 bits per heavy atom. The molecule has 0 fully saturated rings. The molecule has 2 aromatic heterocycles. The average molecular weight is 354 g/mol. The van der Waals surface area contributed by atoms with Gasteiger partial charge in [-0.3, -0.25) is 0 Å². The molecule has 0 spiro atoms. The van der Waals surface area contributed by atoms with Crippen LogP contribution in [0.25, 0.3) is 5.82 Å². The van der Waals surface area contributed by atoms with Crippen molar-refractivity contribution in [2.24, 2.45) is 0 Å². The van der Waals surface area contributed by atoms with Gasteiger partial charge in [-0.1, -0.05) is 6.07 Å². The Kier molecular flexibility index (Phi) is 5.21. The molecule has 26 heavy (non-hydrogen) atoms. The molecule has 2 heterocycles. The number of nitrogen functional groups attached to an aromatic ring is 1. The number of anilines is 2. The Hall–Kier alpha value is -3.29.